The third kappa shape index (κ3) is 3.17. The summed E-state index contributed by atoms with van der Waals surface area (Å²) in [5.74, 6) is -0.0135. The fraction of sp³-hybridized carbons (Fsp3) is 0.500. The second kappa shape index (κ2) is 7.01. The van der Waals surface area contributed by atoms with E-state index < -0.39 is 0 Å². The van der Waals surface area contributed by atoms with E-state index >= 15 is 0 Å². The van der Waals surface area contributed by atoms with E-state index in [4.69, 9.17) is 4.74 Å². The molecule has 1 atom stereocenters. The molecule has 0 amide bonds. The number of aromatic nitrogens is 5. The van der Waals surface area contributed by atoms with Crippen LogP contribution < -0.4 is 0 Å². The van der Waals surface area contributed by atoms with Crippen molar-refractivity contribution in [3.63, 3.8) is 0 Å². The van der Waals surface area contributed by atoms with Crippen molar-refractivity contribution in [3.05, 3.63) is 43.2 Å². The molecule has 3 aromatic rings. The lowest BCUT2D eigenvalue weighted by atomic mass is 9.76. The summed E-state index contributed by atoms with van der Waals surface area (Å²) < 4.78 is 9.89. The van der Waals surface area contributed by atoms with Gasteiger partial charge in [-0.3, -0.25) is 4.79 Å². The number of piperidine rings is 1. The highest BCUT2D eigenvalue weighted by Gasteiger charge is 2.50. The van der Waals surface area contributed by atoms with Crippen molar-refractivity contribution >= 4 is 17.0 Å². The van der Waals surface area contributed by atoms with Crippen LogP contribution in [0.1, 0.15) is 19.3 Å². The van der Waals surface area contributed by atoms with E-state index in [1.165, 1.54) is 0 Å². The van der Waals surface area contributed by atoms with Gasteiger partial charge in [0.1, 0.15) is 18.8 Å². The van der Waals surface area contributed by atoms with E-state index in [9.17, 15) is 4.79 Å². The van der Waals surface area contributed by atoms with Crippen LogP contribution in [0, 0.1) is 5.41 Å². The van der Waals surface area contributed by atoms with Crippen LogP contribution >= 0.6 is 0 Å². The topological polar surface area (TPSA) is 78.1 Å². The molecule has 5 rings (SSSR count). The van der Waals surface area contributed by atoms with Crippen molar-refractivity contribution in [3.8, 4) is 0 Å². The summed E-state index contributed by atoms with van der Waals surface area (Å²) in [6.07, 6.45) is 7.79. The Balaban J connectivity index is 1.19. The second-order valence-corrected chi connectivity index (χ2v) is 7.94. The maximum atomic E-state index is 12.7. The number of likely N-dealkylation sites (tertiary alicyclic amines) is 1. The standard InChI is InChI=1S/C20H24N6O2/c27-19-20(5-7-24(8-6-20)9-10-25-14-22-23-15-25)11-16(28-19)12-26-13-21-17-3-1-2-4-18(17)26/h1-4,13-16H,5-12H2. The van der Waals surface area contributed by atoms with Crippen molar-refractivity contribution in [2.75, 3.05) is 19.6 Å². The van der Waals surface area contributed by atoms with Crippen LogP contribution in [-0.4, -0.2) is 60.9 Å². The molecule has 4 heterocycles. The number of esters is 1. The molecule has 8 nitrogen and oxygen atoms in total. The molecular weight excluding hydrogens is 356 g/mol. The van der Waals surface area contributed by atoms with Gasteiger partial charge in [0.15, 0.2) is 0 Å². The third-order valence-corrected chi connectivity index (χ3v) is 6.21. The average Bonchev–Trinajstić information content (AvgIpc) is 3.43. The summed E-state index contributed by atoms with van der Waals surface area (Å²) in [4.78, 5) is 19.6. The number of hydrogen-bond acceptors (Lipinski definition) is 6. The van der Waals surface area contributed by atoms with Crippen molar-refractivity contribution in [2.45, 2.75) is 38.5 Å². The Bertz CT molecular complexity index is 958. The Hall–Kier alpha value is -2.74. The van der Waals surface area contributed by atoms with Gasteiger partial charge in [-0.05, 0) is 38.1 Å². The van der Waals surface area contributed by atoms with E-state index in [0.717, 1.165) is 56.5 Å². The molecule has 2 aliphatic heterocycles. The molecule has 8 heteroatoms. The van der Waals surface area contributed by atoms with E-state index in [-0.39, 0.29) is 17.5 Å². The van der Waals surface area contributed by atoms with Gasteiger partial charge in [0.05, 0.1) is 29.3 Å². The zero-order chi connectivity index (χ0) is 19.0. The fourth-order valence-corrected chi connectivity index (χ4v) is 4.52. The summed E-state index contributed by atoms with van der Waals surface area (Å²) in [7, 11) is 0. The van der Waals surface area contributed by atoms with E-state index in [2.05, 4.69) is 30.7 Å². The highest BCUT2D eigenvalue weighted by atomic mass is 16.6. The number of cyclic esters (lactones) is 1. The minimum Gasteiger partial charge on any atom is -0.460 e. The molecule has 0 aliphatic carbocycles. The predicted octanol–water partition coefficient (Wildman–Crippen LogP) is 1.73. The van der Waals surface area contributed by atoms with Gasteiger partial charge >= 0.3 is 5.97 Å². The predicted molar refractivity (Wildman–Crippen MR) is 102 cm³/mol. The van der Waals surface area contributed by atoms with Crippen LogP contribution in [0.25, 0.3) is 11.0 Å². The number of nitrogens with zero attached hydrogens (tertiary/aromatic N) is 6. The lowest BCUT2D eigenvalue weighted by Crippen LogP contribution is -2.43. The summed E-state index contributed by atoms with van der Waals surface area (Å²) in [6.45, 7) is 4.36. The zero-order valence-corrected chi connectivity index (χ0v) is 15.8. The molecule has 0 bridgehead atoms. The summed E-state index contributed by atoms with van der Waals surface area (Å²) in [6, 6.07) is 8.06. The molecule has 1 unspecified atom stereocenters. The number of rotatable bonds is 5. The van der Waals surface area contributed by atoms with E-state index in [0.29, 0.717) is 6.54 Å². The largest absolute Gasteiger partial charge is 0.460 e. The van der Waals surface area contributed by atoms with Crippen molar-refractivity contribution < 1.29 is 9.53 Å². The van der Waals surface area contributed by atoms with Gasteiger partial charge in [0, 0.05) is 19.5 Å². The van der Waals surface area contributed by atoms with Gasteiger partial charge < -0.3 is 18.8 Å². The van der Waals surface area contributed by atoms with Crippen LogP contribution in [-0.2, 0) is 22.6 Å². The molecule has 2 fully saturated rings. The fourth-order valence-electron chi connectivity index (χ4n) is 4.52. The molecule has 2 saturated heterocycles. The van der Waals surface area contributed by atoms with Gasteiger partial charge in [-0.2, -0.15) is 0 Å². The number of hydrogen-bond donors (Lipinski definition) is 0. The Morgan fingerprint density at radius 2 is 1.86 bits per heavy atom. The number of benzene rings is 1. The molecule has 2 aromatic heterocycles. The van der Waals surface area contributed by atoms with Gasteiger partial charge in [0.25, 0.3) is 0 Å². The monoisotopic (exact) mass is 380 g/mol. The first kappa shape index (κ1) is 17.4. The summed E-state index contributed by atoms with van der Waals surface area (Å²) in [5, 5.41) is 7.68. The van der Waals surface area contributed by atoms with Crippen LogP contribution in [0.2, 0.25) is 0 Å². The normalized spacial score (nSPS) is 22.1. The van der Waals surface area contributed by atoms with Crippen molar-refractivity contribution in [2.24, 2.45) is 5.41 Å². The van der Waals surface area contributed by atoms with Crippen LogP contribution in [0.15, 0.2) is 43.2 Å². The summed E-state index contributed by atoms with van der Waals surface area (Å²) in [5.41, 5.74) is 1.75. The van der Waals surface area contributed by atoms with Crippen molar-refractivity contribution in [1.29, 1.82) is 0 Å². The minimum atomic E-state index is -0.311. The Kier molecular flexibility index (Phi) is 4.35. The molecule has 28 heavy (non-hydrogen) atoms. The highest BCUT2D eigenvalue weighted by molar-refractivity contribution is 5.79. The van der Waals surface area contributed by atoms with Gasteiger partial charge in [0.2, 0.25) is 0 Å². The smallest absolute Gasteiger partial charge is 0.312 e. The molecule has 0 saturated carbocycles. The first-order chi connectivity index (χ1) is 13.7. The lowest BCUT2D eigenvalue weighted by Gasteiger charge is -2.36. The minimum absolute atomic E-state index is 0.0135. The molecule has 1 spiro atoms. The third-order valence-electron chi connectivity index (χ3n) is 6.21. The number of carbonyl (C=O) groups excluding carboxylic acids is 1. The molecule has 2 aliphatic rings. The number of fused-ring (bicyclic) bond motifs is 1. The van der Waals surface area contributed by atoms with Crippen LogP contribution in [0.4, 0.5) is 0 Å². The SMILES string of the molecule is O=C1OC(Cn2cnc3ccccc32)CC12CCN(CCn1cnnc1)CC2. The van der Waals surface area contributed by atoms with Crippen LogP contribution in [0.3, 0.4) is 0 Å². The first-order valence-electron chi connectivity index (χ1n) is 9.88. The Morgan fingerprint density at radius 3 is 2.68 bits per heavy atom. The number of imidazole rings is 1. The van der Waals surface area contributed by atoms with E-state index in [1.807, 2.05) is 29.1 Å². The second-order valence-electron chi connectivity index (χ2n) is 7.94. The van der Waals surface area contributed by atoms with Crippen LogP contribution in [0.5, 0.6) is 0 Å². The van der Waals surface area contributed by atoms with Gasteiger partial charge in [-0.15, -0.1) is 10.2 Å². The van der Waals surface area contributed by atoms with E-state index in [1.54, 1.807) is 12.7 Å². The lowest BCUT2D eigenvalue weighted by molar-refractivity contribution is -0.151. The van der Waals surface area contributed by atoms with Crippen molar-refractivity contribution in [1.82, 2.24) is 29.2 Å². The quantitative estimate of drug-likeness (QED) is 0.627. The highest BCUT2D eigenvalue weighted by Crippen LogP contribution is 2.43. The Morgan fingerprint density at radius 1 is 1.07 bits per heavy atom. The molecular formula is C20H24N6O2. The summed E-state index contributed by atoms with van der Waals surface area (Å²) >= 11 is 0. The molecule has 1 aromatic carbocycles. The average molecular weight is 380 g/mol. The number of ether oxygens (including phenoxy) is 1. The zero-order valence-electron chi connectivity index (χ0n) is 15.8. The number of carbonyl (C=O) groups is 1. The number of para-hydroxylation sites is 2. The molecule has 0 radical (unpaired) electrons. The Labute approximate surface area is 163 Å². The van der Waals surface area contributed by atoms with Gasteiger partial charge in [-0.25, -0.2) is 4.98 Å². The molecule has 0 N–H and O–H groups in total. The molecule has 146 valence electrons. The maximum absolute atomic E-state index is 12.7. The maximum Gasteiger partial charge on any atom is 0.312 e. The van der Waals surface area contributed by atoms with Gasteiger partial charge in [-0.1, -0.05) is 12.1 Å². The first-order valence-corrected chi connectivity index (χ1v) is 9.88.